The van der Waals surface area contributed by atoms with Gasteiger partial charge in [-0.15, -0.1) is 0 Å². The molecule has 0 spiro atoms. The van der Waals surface area contributed by atoms with Crippen molar-refractivity contribution in [2.45, 2.75) is 32.6 Å². The van der Waals surface area contributed by atoms with E-state index in [1.54, 1.807) is 6.20 Å². The summed E-state index contributed by atoms with van der Waals surface area (Å²) in [7, 11) is 0. The van der Waals surface area contributed by atoms with Crippen LogP contribution in [0.2, 0.25) is 0 Å². The zero-order valence-electron chi connectivity index (χ0n) is 12.4. The van der Waals surface area contributed by atoms with E-state index in [0.717, 1.165) is 35.9 Å². The zero-order chi connectivity index (χ0) is 14.8. The van der Waals surface area contributed by atoms with Gasteiger partial charge in [0.25, 0.3) is 5.91 Å². The predicted molar refractivity (Wildman–Crippen MR) is 87.5 cm³/mol. The number of nitrogens with zero attached hydrogens (tertiary/aromatic N) is 2. The van der Waals surface area contributed by atoms with Crippen molar-refractivity contribution >= 4 is 27.7 Å². The number of rotatable bonds is 7. The minimum absolute atomic E-state index is 0.124. The van der Waals surface area contributed by atoms with Crippen LogP contribution in [0.3, 0.4) is 0 Å². The number of hydrogen-bond acceptors (Lipinski definition) is 3. The highest BCUT2D eigenvalue weighted by atomic mass is 79.9. The smallest absolute Gasteiger partial charge is 0.257 e. The topological polar surface area (TPSA) is 45.2 Å². The monoisotopic (exact) mass is 351 g/mol. The Balaban J connectivity index is 1.80. The van der Waals surface area contributed by atoms with Crippen molar-refractivity contribution in [3.8, 4) is 0 Å². The number of aromatic nitrogens is 1. The lowest BCUT2D eigenvalue weighted by Crippen LogP contribution is -2.35. The predicted octanol–water partition coefficient (Wildman–Crippen LogP) is 3.54. The molecule has 1 aromatic rings. The molecule has 0 unspecified atom stereocenters. The van der Waals surface area contributed by atoms with Crippen LogP contribution >= 0.6 is 15.9 Å². The van der Waals surface area contributed by atoms with Crippen molar-refractivity contribution in [2.75, 3.05) is 25.0 Å². The first kappa shape index (κ1) is 14.8. The van der Waals surface area contributed by atoms with Gasteiger partial charge in [0.15, 0.2) is 0 Å². The molecule has 0 aliphatic heterocycles. The van der Waals surface area contributed by atoms with E-state index in [0.29, 0.717) is 11.4 Å². The number of halogens is 1. The highest BCUT2D eigenvalue weighted by molar-refractivity contribution is 9.10. The normalized spacial score (nSPS) is 17.6. The molecule has 1 heterocycles. The summed E-state index contributed by atoms with van der Waals surface area (Å²) in [5.74, 6) is 2.26. The first-order chi connectivity index (χ1) is 10.2. The maximum Gasteiger partial charge on any atom is 0.257 e. The van der Waals surface area contributed by atoms with Crippen LogP contribution in [0.1, 0.15) is 43.0 Å². The summed E-state index contributed by atoms with van der Waals surface area (Å²) in [5.41, 5.74) is 0.688. The molecule has 0 aromatic carbocycles. The van der Waals surface area contributed by atoms with Crippen LogP contribution in [0.4, 0.5) is 5.82 Å². The Labute approximate surface area is 134 Å². The third-order valence-electron chi connectivity index (χ3n) is 4.07. The van der Waals surface area contributed by atoms with E-state index < -0.39 is 0 Å². The molecule has 2 aliphatic rings. The van der Waals surface area contributed by atoms with E-state index in [9.17, 15) is 4.79 Å². The van der Waals surface area contributed by atoms with Crippen molar-refractivity contribution in [1.82, 2.24) is 9.88 Å². The number of nitrogens with one attached hydrogen (secondary N) is 1. The highest BCUT2D eigenvalue weighted by Crippen LogP contribution is 2.34. The second-order valence-electron chi connectivity index (χ2n) is 6.18. The van der Waals surface area contributed by atoms with Crippen molar-refractivity contribution in [3.63, 3.8) is 0 Å². The minimum Gasteiger partial charge on any atom is -0.370 e. The first-order valence-corrected chi connectivity index (χ1v) is 8.65. The van der Waals surface area contributed by atoms with Gasteiger partial charge >= 0.3 is 0 Å². The summed E-state index contributed by atoms with van der Waals surface area (Å²) >= 11 is 3.43. The molecule has 114 valence electrons. The van der Waals surface area contributed by atoms with E-state index in [1.807, 2.05) is 13.0 Å². The molecular formula is C16H22BrN3O. The van der Waals surface area contributed by atoms with Crippen LogP contribution in [-0.2, 0) is 0 Å². The van der Waals surface area contributed by atoms with E-state index in [-0.39, 0.29) is 5.91 Å². The van der Waals surface area contributed by atoms with Gasteiger partial charge in [0.2, 0.25) is 0 Å². The number of hydrogen-bond donors (Lipinski definition) is 1. The molecule has 0 radical (unpaired) electrons. The number of amides is 1. The molecule has 5 heteroatoms. The molecule has 1 aromatic heterocycles. The van der Waals surface area contributed by atoms with Gasteiger partial charge in [0.1, 0.15) is 5.82 Å². The van der Waals surface area contributed by atoms with Gasteiger partial charge in [-0.05, 0) is 66.4 Å². The molecule has 21 heavy (non-hydrogen) atoms. The Hall–Kier alpha value is -1.10. The number of pyridine rings is 1. The number of anilines is 1. The van der Waals surface area contributed by atoms with Crippen molar-refractivity contribution < 1.29 is 4.79 Å². The van der Waals surface area contributed by atoms with Crippen molar-refractivity contribution in [2.24, 2.45) is 11.8 Å². The first-order valence-electron chi connectivity index (χ1n) is 7.86. The minimum atomic E-state index is 0.124. The molecule has 2 fully saturated rings. The fourth-order valence-corrected chi connectivity index (χ4v) is 2.88. The average molecular weight is 352 g/mol. The van der Waals surface area contributed by atoms with Crippen LogP contribution in [0.15, 0.2) is 16.7 Å². The van der Waals surface area contributed by atoms with Crippen LogP contribution in [0.5, 0.6) is 0 Å². The maximum atomic E-state index is 12.9. The Kier molecular flexibility index (Phi) is 4.48. The standard InChI is InChI=1S/C16H22BrN3O/c1-2-18-15-14(7-13(17)8-19-15)16(21)20(9-11-3-4-11)10-12-5-6-12/h7-8,11-12H,2-6,9-10H2,1H3,(H,18,19). The Morgan fingerprint density at radius 3 is 2.48 bits per heavy atom. The van der Waals surface area contributed by atoms with Crippen LogP contribution < -0.4 is 5.32 Å². The second-order valence-corrected chi connectivity index (χ2v) is 7.09. The number of carbonyl (C=O) groups is 1. The lowest BCUT2D eigenvalue weighted by molar-refractivity contribution is 0.0740. The number of carbonyl (C=O) groups excluding carboxylic acids is 1. The molecule has 0 bridgehead atoms. The van der Waals surface area contributed by atoms with Crippen LogP contribution in [0, 0.1) is 11.8 Å². The lowest BCUT2D eigenvalue weighted by Gasteiger charge is -2.24. The summed E-state index contributed by atoms with van der Waals surface area (Å²) in [6, 6.07) is 1.89. The average Bonchev–Trinajstić information content (AvgIpc) is 3.35. The summed E-state index contributed by atoms with van der Waals surface area (Å²) in [6.07, 6.45) is 6.81. The van der Waals surface area contributed by atoms with Gasteiger partial charge in [0.05, 0.1) is 5.56 Å². The van der Waals surface area contributed by atoms with E-state index >= 15 is 0 Å². The van der Waals surface area contributed by atoms with Gasteiger partial charge in [0, 0.05) is 30.3 Å². The highest BCUT2D eigenvalue weighted by Gasteiger charge is 2.32. The fourth-order valence-electron chi connectivity index (χ4n) is 2.55. The second kappa shape index (κ2) is 6.34. The zero-order valence-corrected chi connectivity index (χ0v) is 14.0. The third-order valence-corrected chi connectivity index (χ3v) is 4.50. The Morgan fingerprint density at radius 2 is 1.95 bits per heavy atom. The molecule has 3 rings (SSSR count). The molecule has 0 saturated heterocycles. The molecule has 0 atom stereocenters. The molecule has 4 nitrogen and oxygen atoms in total. The van der Waals surface area contributed by atoms with Crippen molar-refractivity contribution in [3.05, 3.63) is 22.3 Å². The van der Waals surface area contributed by atoms with Gasteiger partial charge < -0.3 is 10.2 Å². The summed E-state index contributed by atoms with van der Waals surface area (Å²) < 4.78 is 0.852. The van der Waals surface area contributed by atoms with Gasteiger partial charge in [-0.2, -0.15) is 0 Å². The van der Waals surface area contributed by atoms with Crippen molar-refractivity contribution in [1.29, 1.82) is 0 Å². The summed E-state index contributed by atoms with van der Waals surface area (Å²) in [4.78, 5) is 19.4. The SMILES string of the molecule is CCNc1ncc(Br)cc1C(=O)N(CC1CC1)CC1CC1. The Bertz CT molecular complexity index is 512. The lowest BCUT2D eigenvalue weighted by atomic mass is 10.2. The summed E-state index contributed by atoms with van der Waals surface area (Å²) in [5, 5.41) is 3.20. The van der Waals surface area contributed by atoms with Gasteiger partial charge in [-0.25, -0.2) is 4.98 Å². The molecule has 2 saturated carbocycles. The maximum absolute atomic E-state index is 12.9. The van der Waals surface area contributed by atoms with Crippen LogP contribution in [-0.4, -0.2) is 35.4 Å². The Morgan fingerprint density at radius 1 is 1.33 bits per heavy atom. The van der Waals surface area contributed by atoms with Gasteiger partial charge in [-0.3, -0.25) is 4.79 Å². The largest absolute Gasteiger partial charge is 0.370 e. The van der Waals surface area contributed by atoms with Crippen LogP contribution in [0.25, 0.3) is 0 Å². The fraction of sp³-hybridized carbons (Fsp3) is 0.625. The van der Waals surface area contributed by atoms with Gasteiger partial charge in [-0.1, -0.05) is 0 Å². The molecule has 1 amide bonds. The van der Waals surface area contributed by atoms with E-state index in [4.69, 9.17) is 0 Å². The molecular weight excluding hydrogens is 330 g/mol. The molecule has 1 N–H and O–H groups in total. The molecule has 2 aliphatic carbocycles. The van der Waals surface area contributed by atoms with E-state index in [2.05, 4.69) is 31.1 Å². The summed E-state index contributed by atoms with van der Waals surface area (Å²) in [6.45, 7) is 4.60. The third kappa shape index (κ3) is 3.96. The quantitative estimate of drug-likeness (QED) is 0.817. The van der Waals surface area contributed by atoms with E-state index in [1.165, 1.54) is 25.7 Å².